The summed E-state index contributed by atoms with van der Waals surface area (Å²) < 4.78 is 0. The Balaban J connectivity index is 1.61. The lowest BCUT2D eigenvalue weighted by Gasteiger charge is -2.20. The minimum absolute atomic E-state index is 0.226. The van der Waals surface area contributed by atoms with Crippen molar-refractivity contribution < 1.29 is 0 Å². The summed E-state index contributed by atoms with van der Waals surface area (Å²) in [5.41, 5.74) is 4.33. The van der Waals surface area contributed by atoms with Crippen LogP contribution in [0.5, 0.6) is 0 Å². The lowest BCUT2D eigenvalue weighted by atomic mass is 10.0. The molecule has 1 aliphatic rings. The molecule has 0 bridgehead atoms. The van der Waals surface area contributed by atoms with Gasteiger partial charge in [-0.1, -0.05) is 54.6 Å². The van der Waals surface area contributed by atoms with Gasteiger partial charge in [-0.25, -0.2) is 0 Å². The molecule has 1 nitrogen and oxygen atoms in total. The second-order valence-electron chi connectivity index (χ2n) is 7.22. The van der Waals surface area contributed by atoms with Crippen LogP contribution >= 0.6 is 0 Å². The fourth-order valence-electron chi connectivity index (χ4n) is 2.87. The molecular weight excluding hydrogens is 254 g/mol. The third kappa shape index (κ3) is 3.74. The van der Waals surface area contributed by atoms with Crippen LogP contribution in [0.2, 0.25) is 0 Å². The minimum atomic E-state index is 0.226. The molecule has 0 aromatic heterocycles. The zero-order valence-electron chi connectivity index (χ0n) is 13.3. The normalized spacial score (nSPS) is 21.3. The molecule has 0 saturated heterocycles. The summed E-state index contributed by atoms with van der Waals surface area (Å²) in [5, 5.41) is 3.62. The largest absolute Gasteiger partial charge is 0.312 e. The third-order valence-electron chi connectivity index (χ3n) is 4.26. The van der Waals surface area contributed by atoms with E-state index in [1.165, 1.54) is 23.1 Å². The van der Waals surface area contributed by atoms with E-state index >= 15 is 0 Å². The van der Waals surface area contributed by atoms with E-state index in [-0.39, 0.29) is 5.54 Å². The van der Waals surface area contributed by atoms with Crippen molar-refractivity contribution in [2.75, 3.05) is 6.54 Å². The molecule has 21 heavy (non-hydrogen) atoms. The van der Waals surface area contributed by atoms with E-state index in [2.05, 4.69) is 80.7 Å². The zero-order chi connectivity index (χ0) is 14.9. The summed E-state index contributed by atoms with van der Waals surface area (Å²) in [6, 6.07) is 19.7. The van der Waals surface area contributed by atoms with Gasteiger partial charge in [0.05, 0.1) is 0 Å². The van der Waals surface area contributed by atoms with E-state index < -0.39 is 0 Å². The van der Waals surface area contributed by atoms with Crippen LogP contribution in [0, 0.1) is 5.92 Å². The van der Waals surface area contributed by atoms with Gasteiger partial charge in [0, 0.05) is 5.54 Å². The molecule has 1 heteroatoms. The summed E-state index contributed by atoms with van der Waals surface area (Å²) in [5.74, 6) is 1.57. The number of hydrogen-bond acceptors (Lipinski definition) is 1. The van der Waals surface area contributed by atoms with Crippen molar-refractivity contribution in [3.8, 4) is 11.1 Å². The molecule has 3 rings (SSSR count). The van der Waals surface area contributed by atoms with E-state index in [0.717, 1.165) is 18.4 Å². The molecule has 0 heterocycles. The summed E-state index contributed by atoms with van der Waals surface area (Å²) >= 11 is 0. The third-order valence-corrected chi connectivity index (χ3v) is 4.26. The monoisotopic (exact) mass is 279 g/mol. The van der Waals surface area contributed by atoms with Gasteiger partial charge in [0.15, 0.2) is 0 Å². The van der Waals surface area contributed by atoms with Gasteiger partial charge in [-0.2, -0.15) is 0 Å². The fraction of sp³-hybridized carbons (Fsp3) is 0.400. The lowest BCUT2D eigenvalue weighted by molar-refractivity contribution is 0.414. The number of benzene rings is 2. The van der Waals surface area contributed by atoms with E-state index in [1.54, 1.807) is 0 Å². The number of rotatable bonds is 4. The van der Waals surface area contributed by atoms with Gasteiger partial charge in [-0.3, -0.25) is 0 Å². The molecule has 2 aromatic rings. The molecule has 1 aliphatic carbocycles. The van der Waals surface area contributed by atoms with Crippen molar-refractivity contribution in [2.45, 2.75) is 38.6 Å². The Bertz CT molecular complexity index is 577. The number of hydrogen-bond donors (Lipinski definition) is 1. The van der Waals surface area contributed by atoms with Crippen LogP contribution in [-0.4, -0.2) is 12.1 Å². The Morgan fingerprint density at radius 1 is 0.905 bits per heavy atom. The Morgan fingerprint density at radius 2 is 1.52 bits per heavy atom. The maximum absolute atomic E-state index is 3.62. The maximum atomic E-state index is 3.62. The van der Waals surface area contributed by atoms with E-state index in [4.69, 9.17) is 0 Å². The molecule has 1 saturated carbocycles. The molecule has 110 valence electrons. The molecule has 1 fully saturated rings. The van der Waals surface area contributed by atoms with Gasteiger partial charge in [0.25, 0.3) is 0 Å². The van der Waals surface area contributed by atoms with Gasteiger partial charge in [-0.15, -0.1) is 0 Å². The van der Waals surface area contributed by atoms with Crippen LogP contribution in [-0.2, 0) is 0 Å². The highest BCUT2D eigenvalue weighted by atomic mass is 15.0. The molecule has 0 spiro atoms. The van der Waals surface area contributed by atoms with E-state index in [0.29, 0.717) is 0 Å². The fourth-order valence-corrected chi connectivity index (χ4v) is 2.87. The van der Waals surface area contributed by atoms with Crippen LogP contribution in [0.25, 0.3) is 11.1 Å². The predicted octanol–water partition coefficient (Wildman–Crippen LogP) is 4.85. The highest BCUT2D eigenvalue weighted by molar-refractivity contribution is 5.63. The van der Waals surface area contributed by atoms with Crippen molar-refractivity contribution in [3.05, 3.63) is 60.2 Å². The molecule has 1 N–H and O–H groups in total. The lowest BCUT2D eigenvalue weighted by Crippen LogP contribution is -2.37. The molecule has 2 unspecified atom stereocenters. The molecule has 2 aromatic carbocycles. The van der Waals surface area contributed by atoms with Crippen LogP contribution in [0.4, 0.5) is 0 Å². The Kier molecular flexibility index (Phi) is 3.86. The van der Waals surface area contributed by atoms with Crippen LogP contribution in [0.3, 0.4) is 0 Å². The average molecular weight is 279 g/mol. The molecular formula is C20H25N. The minimum Gasteiger partial charge on any atom is -0.312 e. The topological polar surface area (TPSA) is 12.0 Å². The summed E-state index contributed by atoms with van der Waals surface area (Å²) in [6.07, 6.45) is 1.33. The van der Waals surface area contributed by atoms with Crippen LogP contribution < -0.4 is 5.32 Å². The van der Waals surface area contributed by atoms with Crippen molar-refractivity contribution in [3.63, 3.8) is 0 Å². The predicted molar refractivity (Wildman–Crippen MR) is 90.5 cm³/mol. The summed E-state index contributed by atoms with van der Waals surface area (Å²) in [7, 11) is 0. The van der Waals surface area contributed by atoms with Crippen molar-refractivity contribution in [1.29, 1.82) is 0 Å². The highest BCUT2D eigenvalue weighted by Crippen LogP contribution is 2.47. The summed E-state index contributed by atoms with van der Waals surface area (Å²) in [6.45, 7) is 7.84. The maximum Gasteiger partial charge on any atom is 0.00966 e. The Labute approximate surface area is 128 Å². The smallest absolute Gasteiger partial charge is 0.00966 e. The van der Waals surface area contributed by atoms with Crippen LogP contribution in [0.15, 0.2) is 54.6 Å². The highest BCUT2D eigenvalue weighted by Gasteiger charge is 2.38. The van der Waals surface area contributed by atoms with Gasteiger partial charge in [0.1, 0.15) is 0 Å². The van der Waals surface area contributed by atoms with Crippen LogP contribution in [0.1, 0.15) is 38.7 Å². The zero-order valence-corrected chi connectivity index (χ0v) is 13.3. The van der Waals surface area contributed by atoms with Crippen molar-refractivity contribution in [1.82, 2.24) is 5.32 Å². The first-order chi connectivity index (χ1) is 10.0. The van der Waals surface area contributed by atoms with Gasteiger partial charge in [0.2, 0.25) is 0 Å². The molecule has 2 atom stereocenters. The van der Waals surface area contributed by atoms with Gasteiger partial charge in [-0.05, 0) is 62.3 Å². The van der Waals surface area contributed by atoms with Gasteiger partial charge < -0.3 is 5.32 Å². The van der Waals surface area contributed by atoms with E-state index in [9.17, 15) is 0 Å². The first-order valence-corrected chi connectivity index (χ1v) is 7.93. The second kappa shape index (κ2) is 5.65. The Morgan fingerprint density at radius 3 is 2.14 bits per heavy atom. The first-order valence-electron chi connectivity index (χ1n) is 7.93. The van der Waals surface area contributed by atoms with Crippen molar-refractivity contribution in [2.24, 2.45) is 5.92 Å². The quantitative estimate of drug-likeness (QED) is 0.844. The van der Waals surface area contributed by atoms with E-state index in [1.807, 2.05) is 0 Å². The SMILES string of the molecule is CC(C)(C)NCC1CC1c1ccc(-c2ccccc2)cc1. The number of nitrogens with one attached hydrogen (secondary N) is 1. The molecule has 0 amide bonds. The second-order valence-corrected chi connectivity index (χ2v) is 7.22. The molecule has 0 radical (unpaired) electrons. The summed E-state index contributed by atoms with van der Waals surface area (Å²) in [4.78, 5) is 0. The van der Waals surface area contributed by atoms with Crippen molar-refractivity contribution >= 4 is 0 Å². The Hall–Kier alpha value is -1.60. The standard InChI is InChI=1S/C20H25N/c1-20(2,3)21-14-18-13-19(18)17-11-9-16(10-12-17)15-7-5-4-6-8-15/h4-12,18-19,21H,13-14H2,1-3H3. The first kappa shape index (κ1) is 14.3. The van der Waals surface area contributed by atoms with Gasteiger partial charge >= 0.3 is 0 Å². The molecule has 0 aliphatic heterocycles. The average Bonchev–Trinajstić information content (AvgIpc) is 3.25.